The van der Waals surface area contributed by atoms with Gasteiger partial charge < -0.3 is 16.2 Å². The predicted molar refractivity (Wildman–Crippen MR) is 114 cm³/mol. The van der Waals surface area contributed by atoms with Crippen LogP contribution in [-0.4, -0.2) is 22.9 Å². The van der Waals surface area contributed by atoms with E-state index in [-0.39, 0.29) is 5.91 Å². The van der Waals surface area contributed by atoms with Crippen molar-refractivity contribution in [2.24, 2.45) is 16.5 Å². The van der Waals surface area contributed by atoms with Gasteiger partial charge in [0, 0.05) is 22.0 Å². The summed E-state index contributed by atoms with van der Waals surface area (Å²) in [6, 6.07) is 8.12. The number of thioether (sulfide) groups is 2. The second kappa shape index (κ2) is 7.85. The molecule has 0 bridgehead atoms. The van der Waals surface area contributed by atoms with Gasteiger partial charge in [-0.05, 0) is 34.0 Å². The van der Waals surface area contributed by atoms with E-state index in [1.807, 2.05) is 18.2 Å². The predicted octanol–water partition coefficient (Wildman–Crippen LogP) is 3.75. The quantitative estimate of drug-likeness (QED) is 0.770. The maximum Gasteiger partial charge on any atom is 0.218 e. The third kappa shape index (κ3) is 3.88. The lowest BCUT2D eigenvalue weighted by Crippen LogP contribution is -2.19. The summed E-state index contributed by atoms with van der Waals surface area (Å²) in [5.41, 5.74) is 14.9. The summed E-state index contributed by atoms with van der Waals surface area (Å²) in [5, 5.41) is 2.89. The molecule has 2 aromatic carbocycles. The lowest BCUT2D eigenvalue weighted by atomic mass is 9.92. The second-order valence-corrected chi connectivity index (χ2v) is 9.24. The van der Waals surface area contributed by atoms with E-state index in [1.54, 1.807) is 11.8 Å². The van der Waals surface area contributed by atoms with Gasteiger partial charge >= 0.3 is 0 Å². The average molecular weight is 420 g/mol. The Morgan fingerprint density at radius 3 is 3.00 bits per heavy atom. The number of ether oxygens (including phenoxy) is 1. The van der Waals surface area contributed by atoms with Crippen molar-refractivity contribution in [3.8, 4) is 0 Å². The zero-order chi connectivity index (χ0) is 19.0. The Labute approximate surface area is 170 Å². The first-order chi connectivity index (χ1) is 13.0. The van der Waals surface area contributed by atoms with Crippen molar-refractivity contribution >= 4 is 57.5 Å². The second-order valence-electron chi connectivity index (χ2n) is 6.28. The fourth-order valence-electron chi connectivity index (χ4n) is 3.31. The Hall–Kier alpha value is -1.51. The van der Waals surface area contributed by atoms with Crippen LogP contribution in [0.3, 0.4) is 0 Å². The molecule has 0 fully saturated rings. The molecule has 0 saturated carbocycles. The molecule has 1 atom stereocenters. The van der Waals surface area contributed by atoms with Gasteiger partial charge in [-0.25, -0.2) is 0 Å². The molecule has 4 rings (SSSR count). The first kappa shape index (κ1) is 18.8. The first-order valence-electron chi connectivity index (χ1n) is 8.47. The molecule has 1 amide bonds. The molecule has 27 heavy (non-hydrogen) atoms. The Bertz CT molecular complexity index is 991. The Kier molecular flexibility index (Phi) is 5.48. The van der Waals surface area contributed by atoms with Crippen LogP contribution in [0.1, 0.15) is 23.1 Å². The number of primary amides is 1. The van der Waals surface area contributed by atoms with E-state index in [9.17, 15) is 4.79 Å². The highest BCUT2D eigenvalue weighted by Crippen LogP contribution is 2.39. The van der Waals surface area contributed by atoms with Gasteiger partial charge in [-0.15, -0.1) is 11.8 Å². The summed E-state index contributed by atoms with van der Waals surface area (Å²) in [6.07, 6.45) is 2.32. The van der Waals surface area contributed by atoms with Crippen LogP contribution in [0, 0.1) is 0 Å². The van der Waals surface area contributed by atoms with Crippen LogP contribution in [0.15, 0.2) is 39.6 Å². The highest BCUT2D eigenvalue weighted by molar-refractivity contribution is 8.22. The summed E-state index contributed by atoms with van der Waals surface area (Å²) in [6.45, 7) is 1.15. The minimum absolute atomic E-state index is 0.309. The smallest absolute Gasteiger partial charge is 0.218 e. The van der Waals surface area contributed by atoms with E-state index in [4.69, 9.17) is 27.8 Å². The fraction of sp³-hybridized carbons (Fsp3) is 0.263. The standard InChI is InChI=1S/C19H18ClN3O2S2/c20-13-6-11-9-25-8-10-2-1-3-12(17(10)11)18(13)14-7-16(27-19(22)23-14)26-5-4-15(21)24/h1-3,6-7,19H,4-5,8-9,22H2,(H2,21,24). The first-order valence-corrected chi connectivity index (χ1v) is 10.7. The SMILES string of the molecule is NC(=O)CCSC1=CC(c2c(Cl)cc3c4c(cccc24)COC3)=NC(N)S1. The van der Waals surface area contributed by atoms with Crippen molar-refractivity contribution < 1.29 is 9.53 Å². The lowest BCUT2D eigenvalue weighted by Gasteiger charge is -2.23. The van der Waals surface area contributed by atoms with Gasteiger partial charge in [0.2, 0.25) is 5.91 Å². The number of allylic oxidation sites excluding steroid dienone is 1. The van der Waals surface area contributed by atoms with Gasteiger partial charge in [-0.1, -0.05) is 41.6 Å². The highest BCUT2D eigenvalue weighted by Gasteiger charge is 2.23. The summed E-state index contributed by atoms with van der Waals surface area (Å²) in [5.74, 6) is 0.305. The molecule has 0 aliphatic carbocycles. The van der Waals surface area contributed by atoms with Gasteiger partial charge in [0.15, 0.2) is 0 Å². The van der Waals surface area contributed by atoms with Crippen LogP contribution in [0.25, 0.3) is 10.8 Å². The van der Waals surface area contributed by atoms with Crippen LogP contribution < -0.4 is 11.5 Å². The molecule has 8 heteroatoms. The third-order valence-corrected chi connectivity index (χ3v) is 6.85. The zero-order valence-electron chi connectivity index (χ0n) is 14.4. The number of benzene rings is 2. The molecule has 2 aromatic rings. The number of carbonyl (C=O) groups excluding carboxylic acids is 1. The molecule has 0 saturated heterocycles. The number of nitrogens with zero attached hydrogens (tertiary/aromatic N) is 1. The average Bonchev–Trinajstić information content (AvgIpc) is 2.61. The van der Waals surface area contributed by atoms with Crippen LogP contribution in [0.2, 0.25) is 5.02 Å². The van der Waals surface area contributed by atoms with E-state index in [2.05, 4.69) is 17.1 Å². The van der Waals surface area contributed by atoms with Gasteiger partial charge in [0.05, 0.1) is 23.9 Å². The lowest BCUT2D eigenvalue weighted by molar-refractivity contribution is -0.117. The fourth-order valence-corrected chi connectivity index (χ4v) is 5.74. The number of aliphatic imine (C=N–C) groups is 1. The van der Waals surface area contributed by atoms with Crippen molar-refractivity contribution in [1.29, 1.82) is 0 Å². The molecule has 2 heterocycles. The molecule has 0 spiro atoms. The van der Waals surface area contributed by atoms with Gasteiger partial charge in [0.25, 0.3) is 0 Å². The number of nitrogens with two attached hydrogens (primary N) is 2. The Balaban J connectivity index is 1.77. The largest absolute Gasteiger partial charge is 0.372 e. The molecule has 0 aromatic heterocycles. The number of carbonyl (C=O) groups is 1. The Morgan fingerprint density at radius 1 is 1.37 bits per heavy atom. The molecular weight excluding hydrogens is 402 g/mol. The molecule has 140 valence electrons. The minimum Gasteiger partial charge on any atom is -0.372 e. The van der Waals surface area contributed by atoms with Crippen molar-refractivity contribution in [2.75, 3.05) is 5.75 Å². The summed E-state index contributed by atoms with van der Waals surface area (Å²) >= 11 is 9.69. The monoisotopic (exact) mass is 419 g/mol. The van der Waals surface area contributed by atoms with Crippen LogP contribution >= 0.6 is 35.1 Å². The van der Waals surface area contributed by atoms with Crippen LogP contribution in [0.5, 0.6) is 0 Å². The van der Waals surface area contributed by atoms with Crippen molar-refractivity contribution in [2.45, 2.75) is 25.1 Å². The number of halogens is 1. The normalized spacial score (nSPS) is 19.0. The molecule has 1 unspecified atom stereocenters. The molecule has 2 aliphatic heterocycles. The Morgan fingerprint density at radius 2 is 2.19 bits per heavy atom. The molecule has 2 aliphatic rings. The summed E-state index contributed by atoms with van der Waals surface area (Å²) in [4.78, 5) is 15.6. The maximum atomic E-state index is 11.0. The van der Waals surface area contributed by atoms with Gasteiger partial charge in [-0.3, -0.25) is 9.79 Å². The maximum absolute atomic E-state index is 11.0. The van der Waals surface area contributed by atoms with E-state index < -0.39 is 5.50 Å². The van der Waals surface area contributed by atoms with Crippen LogP contribution in [-0.2, 0) is 22.7 Å². The van der Waals surface area contributed by atoms with E-state index in [0.29, 0.717) is 30.4 Å². The number of amides is 1. The molecule has 0 radical (unpaired) electrons. The summed E-state index contributed by atoms with van der Waals surface area (Å²) < 4.78 is 6.67. The van der Waals surface area contributed by atoms with Gasteiger partial charge in [0.1, 0.15) is 5.50 Å². The number of hydrogen-bond acceptors (Lipinski definition) is 6. The van der Waals surface area contributed by atoms with Gasteiger partial charge in [-0.2, -0.15) is 0 Å². The number of rotatable bonds is 5. The minimum atomic E-state index is -0.411. The highest BCUT2D eigenvalue weighted by atomic mass is 35.5. The van der Waals surface area contributed by atoms with Crippen LogP contribution in [0.4, 0.5) is 0 Å². The molecule has 5 nitrogen and oxygen atoms in total. The molecular formula is C19H18ClN3O2S2. The summed E-state index contributed by atoms with van der Waals surface area (Å²) in [7, 11) is 0. The zero-order valence-corrected chi connectivity index (χ0v) is 16.8. The topological polar surface area (TPSA) is 90.7 Å². The van der Waals surface area contributed by atoms with Crippen molar-refractivity contribution in [3.63, 3.8) is 0 Å². The third-order valence-electron chi connectivity index (χ3n) is 4.40. The van der Waals surface area contributed by atoms with Crippen molar-refractivity contribution in [1.82, 2.24) is 0 Å². The number of hydrogen-bond donors (Lipinski definition) is 2. The van der Waals surface area contributed by atoms with E-state index in [0.717, 1.165) is 32.0 Å². The van der Waals surface area contributed by atoms with E-state index in [1.165, 1.54) is 17.1 Å². The van der Waals surface area contributed by atoms with Crippen molar-refractivity contribution in [3.05, 3.63) is 56.3 Å². The molecule has 4 N–H and O–H groups in total. The van der Waals surface area contributed by atoms with E-state index >= 15 is 0 Å².